The van der Waals surface area contributed by atoms with Crippen molar-refractivity contribution in [3.63, 3.8) is 0 Å². The molecule has 0 aromatic rings. The van der Waals surface area contributed by atoms with E-state index in [1.807, 2.05) is 0 Å². The van der Waals surface area contributed by atoms with Gasteiger partial charge in [0, 0.05) is 6.61 Å². The van der Waals surface area contributed by atoms with Crippen LogP contribution in [-0.4, -0.2) is 32.2 Å². The Kier molecular flexibility index (Phi) is 8.62. The molecule has 0 fully saturated rings. The SMILES string of the molecule is COOOCOCCCO. The second-order valence-corrected chi connectivity index (χ2v) is 1.46. The molecule has 0 radical (unpaired) electrons. The Balaban J connectivity index is 2.65. The van der Waals surface area contributed by atoms with Crippen LogP contribution in [0.5, 0.6) is 0 Å². The average molecular weight is 152 g/mol. The van der Waals surface area contributed by atoms with Crippen molar-refractivity contribution < 1.29 is 24.7 Å². The maximum absolute atomic E-state index is 8.29. The Bertz CT molecular complexity index is 50.0. The first kappa shape index (κ1) is 9.80. The number of hydrogen-bond donors (Lipinski definition) is 1. The third kappa shape index (κ3) is 7.80. The molecule has 5 nitrogen and oxygen atoms in total. The van der Waals surface area contributed by atoms with E-state index in [9.17, 15) is 0 Å². The fourth-order valence-corrected chi connectivity index (χ4v) is 0.327. The van der Waals surface area contributed by atoms with E-state index in [1.54, 1.807) is 0 Å². The van der Waals surface area contributed by atoms with Crippen molar-refractivity contribution in [2.75, 3.05) is 27.1 Å². The Morgan fingerprint density at radius 1 is 1.40 bits per heavy atom. The van der Waals surface area contributed by atoms with Gasteiger partial charge in [0.2, 0.25) is 0 Å². The summed E-state index contributed by atoms with van der Waals surface area (Å²) in [5.74, 6) is 0. The molecule has 0 aromatic carbocycles. The van der Waals surface area contributed by atoms with E-state index in [4.69, 9.17) is 9.84 Å². The molecule has 0 aromatic heterocycles. The Hall–Kier alpha value is -0.200. The molecule has 62 valence electrons. The van der Waals surface area contributed by atoms with Crippen molar-refractivity contribution in [3.05, 3.63) is 0 Å². The van der Waals surface area contributed by atoms with Gasteiger partial charge in [-0.1, -0.05) is 5.04 Å². The van der Waals surface area contributed by atoms with E-state index in [1.165, 1.54) is 7.11 Å². The lowest BCUT2D eigenvalue weighted by Crippen LogP contribution is -2.03. The van der Waals surface area contributed by atoms with Crippen LogP contribution in [0.1, 0.15) is 6.42 Å². The van der Waals surface area contributed by atoms with Crippen molar-refractivity contribution >= 4 is 0 Å². The van der Waals surface area contributed by atoms with E-state index >= 15 is 0 Å². The number of aliphatic hydroxyl groups excluding tert-OH is 1. The monoisotopic (exact) mass is 152 g/mol. The zero-order chi connectivity index (χ0) is 7.66. The van der Waals surface area contributed by atoms with E-state index in [0.29, 0.717) is 13.0 Å². The number of rotatable bonds is 7. The van der Waals surface area contributed by atoms with Crippen LogP contribution in [0.4, 0.5) is 0 Å². The molecular weight excluding hydrogens is 140 g/mol. The molecule has 0 unspecified atom stereocenters. The second kappa shape index (κ2) is 8.80. The van der Waals surface area contributed by atoms with Gasteiger partial charge in [0.05, 0.1) is 13.7 Å². The molecule has 0 rings (SSSR count). The van der Waals surface area contributed by atoms with Gasteiger partial charge >= 0.3 is 0 Å². The molecule has 0 saturated heterocycles. The highest BCUT2D eigenvalue weighted by atomic mass is 17.5. The van der Waals surface area contributed by atoms with Gasteiger partial charge in [0.15, 0.2) is 6.79 Å². The van der Waals surface area contributed by atoms with Crippen LogP contribution >= 0.6 is 0 Å². The summed E-state index contributed by atoms with van der Waals surface area (Å²) in [5, 5.41) is 12.3. The topological polar surface area (TPSA) is 57.2 Å². The predicted molar refractivity (Wildman–Crippen MR) is 31.7 cm³/mol. The van der Waals surface area contributed by atoms with Crippen molar-refractivity contribution in [2.45, 2.75) is 6.42 Å². The molecule has 0 aliphatic heterocycles. The molecule has 0 aliphatic carbocycles. The molecular formula is C5H12O5. The van der Waals surface area contributed by atoms with Gasteiger partial charge in [0.1, 0.15) is 0 Å². The summed E-state index contributed by atoms with van der Waals surface area (Å²) in [4.78, 5) is 8.40. The molecule has 1 N–H and O–H groups in total. The zero-order valence-corrected chi connectivity index (χ0v) is 5.91. The number of aliphatic hydroxyl groups is 1. The quantitative estimate of drug-likeness (QED) is 0.238. The van der Waals surface area contributed by atoms with Crippen LogP contribution in [0.25, 0.3) is 0 Å². The van der Waals surface area contributed by atoms with Crippen LogP contribution in [0, 0.1) is 0 Å². The van der Waals surface area contributed by atoms with Crippen molar-refractivity contribution in [2.24, 2.45) is 0 Å². The summed E-state index contributed by atoms with van der Waals surface area (Å²) in [5.41, 5.74) is 0. The average Bonchev–Trinajstić information content (AvgIpc) is 1.97. The third-order valence-corrected chi connectivity index (χ3v) is 0.694. The second-order valence-electron chi connectivity index (χ2n) is 1.46. The van der Waals surface area contributed by atoms with Gasteiger partial charge < -0.3 is 9.84 Å². The van der Waals surface area contributed by atoms with Crippen LogP contribution in [0.3, 0.4) is 0 Å². The lowest BCUT2D eigenvalue weighted by molar-refractivity contribution is -0.518. The van der Waals surface area contributed by atoms with Crippen LogP contribution < -0.4 is 0 Å². The Morgan fingerprint density at radius 2 is 2.20 bits per heavy atom. The summed E-state index contributed by atoms with van der Waals surface area (Å²) < 4.78 is 4.79. The summed E-state index contributed by atoms with van der Waals surface area (Å²) in [6.45, 7) is 0.572. The minimum absolute atomic E-state index is 0.00778. The van der Waals surface area contributed by atoms with Gasteiger partial charge in [0.25, 0.3) is 0 Å². The van der Waals surface area contributed by atoms with Crippen molar-refractivity contribution in [3.8, 4) is 0 Å². The largest absolute Gasteiger partial charge is 0.396 e. The standard InChI is InChI=1S/C5H12O5/c1-7-10-9-5-8-4-2-3-6/h6H,2-5H2,1H3. The smallest absolute Gasteiger partial charge is 0.183 e. The molecule has 10 heavy (non-hydrogen) atoms. The van der Waals surface area contributed by atoms with Gasteiger partial charge in [-0.3, -0.25) is 0 Å². The number of ether oxygens (including phenoxy) is 1. The molecule has 0 heterocycles. The normalized spacial score (nSPS) is 10.2. The maximum Gasteiger partial charge on any atom is 0.183 e. The molecule has 0 bridgehead atoms. The molecule has 0 saturated carbocycles. The highest BCUT2D eigenvalue weighted by Gasteiger charge is 1.87. The highest BCUT2D eigenvalue weighted by Crippen LogP contribution is 1.83. The van der Waals surface area contributed by atoms with Crippen LogP contribution in [0.15, 0.2) is 0 Å². The first-order valence-electron chi connectivity index (χ1n) is 2.92. The summed E-state index contributed by atoms with van der Waals surface area (Å²) in [6.07, 6.45) is 0.594. The Morgan fingerprint density at radius 3 is 2.80 bits per heavy atom. The van der Waals surface area contributed by atoms with Gasteiger partial charge in [-0.2, -0.15) is 4.89 Å². The summed E-state index contributed by atoms with van der Waals surface area (Å²) in [7, 11) is 1.33. The third-order valence-electron chi connectivity index (χ3n) is 0.694. The summed E-state index contributed by atoms with van der Waals surface area (Å²) >= 11 is 0. The van der Waals surface area contributed by atoms with Gasteiger partial charge in [-0.15, -0.1) is 0 Å². The first-order chi connectivity index (χ1) is 4.91. The maximum atomic E-state index is 8.29. The molecule has 5 heteroatoms. The fraction of sp³-hybridized carbons (Fsp3) is 1.00. The van der Waals surface area contributed by atoms with E-state index in [-0.39, 0.29) is 13.4 Å². The predicted octanol–water partition coefficient (Wildman–Crippen LogP) is -0.148. The van der Waals surface area contributed by atoms with E-state index in [0.717, 1.165) is 0 Å². The van der Waals surface area contributed by atoms with E-state index in [2.05, 4.69) is 14.8 Å². The summed E-state index contributed by atoms with van der Waals surface area (Å²) in [6, 6.07) is 0. The van der Waals surface area contributed by atoms with Crippen LogP contribution in [0.2, 0.25) is 0 Å². The molecule has 0 amide bonds. The minimum atomic E-state index is 0.00778. The molecule has 0 spiro atoms. The molecule has 0 aliphatic rings. The van der Waals surface area contributed by atoms with E-state index < -0.39 is 0 Å². The van der Waals surface area contributed by atoms with Crippen LogP contribution in [-0.2, 0) is 19.6 Å². The minimum Gasteiger partial charge on any atom is -0.396 e. The lowest BCUT2D eigenvalue weighted by atomic mass is 10.5. The first-order valence-corrected chi connectivity index (χ1v) is 2.92. The van der Waals surface area contributed by atoms with Gasteiger partial charge in [-0.05, 0) is 6.42 Å². The fourth-order valence-electron chi connectivity index (χ4n) is 0.327. The zero-order valence-electron chi connectivity index (χ0n) is 5.91. The number of hydrogen-bond acceptors (Lipinski definition) is 5. The van der Waals surface area contributed by atoms with Crippen molar-refractivity contribution in [1.82, 2.24) is 0 Å². The lowest BCUT2D eigenvalue weighted by Gasteiger charge is -2.00. The highest BCUT2D eigenvalue weighted by molar-refractivity contribution is 4.26. The van der Waals surface area contributed by atoms with Gasteiger partial charge in [-0.25, -0.2) is 4.89 Å². The molecule has 0 atom stereocenters. The Labute approximate surface area is 59.3 Å². The van der Waals surface area contributed by atoms with Crippen molar-refractivity contribution in [1.29, 1.82) is 0 Å².